The van der Waals surface area contributed by atoms with E-state index < -0.39 is 5.91 Å². The average molecular weight is 349 g/mol. The summed E-state index contributed by atoms with van der Waals surface area (Å²) < 4.78 is 5.43. The molecule has 0 radical (unpaired) electrons. The normalized spacial score (nSPS) is 11.0. The summed E-state index contributed by atoms with van der Waals surface area (Å²) in [5.74, 6) is 0.217. The van der Waals surface area contributed by atoms with E-state index in [0.29, 0.717) is 11.3 Å². The monoisotopic (exact) mass is 349 g/mol. The lowest BCUT2D eigenvalue weighted by Gasteiger charge is -2.07. The number of hydrogen-bond donors (Lipinski definition) is 2. The number of aryl methyl sites for hydroxylation is 2. The second kappa shape index (κ2) is 7.65. The number of amides is 1. The number of para-hydroxylation sites is 1. The molecule has 6 heteroatoms. The molecule has 0 aliphatic rings. The minimum atomic E-state index is -0.406. The molecule has 1 amide bonds. The highest BCUT2D eigenvalue weighted by atomic mass is 16.5. The van der Waals surface area contributed by atoms with Crippen LogP contribution < -0.4 is 15.7 Å². The van der Waals surface area contributed by atoms with Crippen molar-refractivity contribution >= 4 is 23.0 Å². The van der Waals surface area contributed by atoms with Gasteiger partial charge >= 0.3 is 0 Å². The molecule has 6 nitrogen and oxygen atoms in total. The van der Waals surface area contributed by atoms with Gasteiger partial charge in [0.15, 0.2) is 6.61 Å². The Morgan fingerprint density at radius 3 is 2.77 bits per heavy atom. The summed E-state index contributed by atoms with van der Waals surface area (Å²) in [6.07, 6.45) is 1.32. The van der Waals surface area contributed by atoms with Crippen LogP contribution in [0.1, 0.15) is 16.7 Å². The van der Waals surface area contributed by atoms with E-state index >= 15 is 0 Å². The Labute approximate surface area is 150 Å². The van der Waals surface area contributed by atoms with E-state index in [2.05, 4.69) is 15.5 Å². The van der Waals surface area contributed by atoms with Crippen LogP contribution in [0.3, 0.4) is 0 Å². The molecule has 0 saturated heterocycles. The smallest absolute Gasteiger partial charge is 0.277 e. The Bertz CT molecular complexity index is 1040. The van der Waals surface area contributed by atoms with Crippen LogP contribution in [0.4, 0.5) is 0 Å². The molecule has 2 aromatic carbocycles. The number of hydrazone groups is 1. The Hall–Kier alpha value is -3.41. The first-order valence-electron chi connectivity index (χ1n) is 8.17. The molecule has 0 bridgehead atoms. The van der Waals surface area contributed by atoms with E-state index in [1.54, 1.807) is 6.07 Å². The SMILES string of the molecule is Cc1ccc(OCC(=O)N/N=C\c2cc3ccccc3[nH]c2=O)cc1C. The number of hydrogen-bond acceptors (Lipinski definition) is 4. The van der Waals surface area contributed by atoms with Gasteiger partial charge < -0.3 is 9.72 Å². The molecule has 2 N–H and O–H groups in total. The number of aromatic nitrogens is 1. The lowest BCUT2D eigenvalue weighted by Crippen LogP contribution is -2.25. The number of carbonyl (C=O) groups is 1. The molecule has 132 valence electrons. The van der Waals surface area contributed by atoms with Crippen LogP contribution >= 0.6 is 0 Å². The standard InChI is InChI=1S/C20H19N3O3/c1-13-7-8-17(9-14(13)2)26-12-19(24)23-21-11-16-10-15-5-3-4-6-18(15)22-20(16)25/h3-11H,12H2,1-2H3,(H,22,25)(H,23,24)/b21-11-. The average Bonchev–Trinajstić information content (AvgIpc) is 2.63. The molecule has 26 heavy (non-hydrogen) atoms. The van der Waals surface area contributed by atoms with E-state index in [1.165, 1.54) is 6.21 Å². The highest BCUT2D eigenvalue weighted by Crippen LogP contribution is 2.16. The number of pyridine rings is 1. The predicted octanol–water partition coefficient (Wildman–Crippen LogP) is 2.67. The highest BCUT2D eigenvalue weighted by Gasteiger charge is 2.04. The predicted molar refractivity (Wildman–Crippen MR) is 102 cm³/mol. The highest BCUT2D eigenvalue weighted by molar-refractivity contribution is 5.88. The number of H-pyrrole nitrogens is 1. The van der Waals surface area contributed by atoms with Gasteiger partial charge in [-0.1, -0.05) is 24.3 Å². The van der Waals surface area contributed by atoms with Crippen molar-refractivity contribution < 1.29 is 9.53 Å². The van der Waals surface area contributed by atoms with Gasteiger partial charge in [-0.2, -0.15) is 5.10 Å². The zero-order valence-electron chi connectivity index (χ0n) is 14.6. The fraction of sp³-hybridized carbons (Fsp3) is 0.150. The molecule has 0 unspecified atom stereocenters. The van der Waals surface area contributed by atoms with Gasteiger partial charge in [0.25, 0.3) is 11.5 Å². The number of nitrogens with zero attached hydrogens (tertiary/aromatic N) is 1. The number of ether oxygens (including phenoxy) is 1. The summed E-state index contributed by atoms with van der Waals surface area (Å²) in [5, 5.41) is 4.72. The minimum Gasteiger partial charge on any atom is -0.484 e. The fourth-order valence-corrected chi connectivity index (χ4v) is 2.42. The summed E-state index contributed by atoms with van der Waals surface area (Å²) >= 11 is 0. The van der Waals surface area contributed by atoms with Crippen LogP contribution in [0.15, 0.2) is 58.4 Å². The van der Waals surface area contributed by atoms with Crippen molar-refractivity contribution in [3.8, 4) is 5.75 Å². The number of aromatic amines is 1. The van der Waals surface area contributed by atoms with Gasteiger partial charge in [-0.25, -0.2) is 5.43 Å². The summed E-state index contributed by atoms with van der Waals surface area (Å²) in [6.45, 7) is 3.83. The van der Waals surface area contributed by atoms with E-state index in [0.717, 1.165) is 22.0 Å². The van der Waals surface area contributed by atoms with Gasteiger partial charge in [0, 0.05) is 5.52 Å². The fourth-order valence-electron chi connectivity index (χ4n) is 2.42. The van der Waals surface area contributed by atoms with Crippen LogP contribution in [0.25, 0.3) is 10.9 Å². The van der Waals surface area contributed by atoms with Gasteiger partial charge in [-0.05, 0) is 54.6 Å². The van der Waals surface area contributed by atoms with Crippen molar-refractivity contribution in [3.63, 3.8) is 0 Å². The maximum atomic E-state index is 12.0. The van der Waals surface area contributed by atoms with Gasteiger partial charge in [-0.3, -0.25) is 9.59 Å². The third kappa shape index (κ3) is 4.16. The minimum absolute atomic E-state index is 0.159. The molecule has 0 fully saturated rings. The lowest BCUT2D eigenvalue weighted by molar-refractivity contribution is -0.123. The summed E-state index contributed by atoms with van der Waals surface area (Å²) in [6, 6.07) is 14.8. The Kier molecular flexibility index (Phi) is 5.12. The number of fused-ring (bicyclic) bond motifs is 1. The lowest BCUT2D eigenvalue weighted by atomic mass is 10.1. The first-order valence-corrected chi connectivity index (χ1v) is 8.17. The Balaban J connectivity index is 1.59. The van der Waals surface area contributed by atoms with Crippen LogP contribution in [0, 0.1) is 13.8 Å². The first-order chi connectivity index (χ1) is 12.5. The van der Waals surface area contributed by atoms with Crippen LogP contribution in [0.2, 0.25) is 0 Å². The number of rotatable bonds is 5. The maximum absolute atomic E-state index is 12.0. The number of nitrogens with one attached hydrogen (secondary N) is 2. The van der Waals surface area contributed by atoms with E-state index in [4.69, 9.17) is 4.74 Å². The summed E-state index contributed by atoms with van der Waals surface area (Å²) in [7, 11) is 0. The zero-order chi connectivity index (χ0) is 18.5. The maximum Gasteiger partial charge on any atom is 0.277 e. The first kappa shape index (κ1) is 17.4. The molecule has 1 aromatic heterocycles. The molecule has 3 rings (SSSR count). The summed E-state index contributed by atoms with van der Waals surface area (Å²) in [4.78, 5) is 26.6. The second-order valence-electron chi connectivity index (χ2n) is 5.97. The summed E-state index contributed by atoms with van der Waals surface area (Å²) in [5.41, 5.74) is 5.45. The van der Waals surface area contributed by atoms with Crippen molar-refractivity contribution in [1.82, 2.24) is 10.4 Å². The second-order valence-corrected chi connectivity index (χ2v) is 5.97. The Morgan fingerprint density at radius 1 is 1.15 bits per heavy atom. The molecule has 0 atom stereocenters. The third-order valence-electron chi connectivity index (χ3n) is 4.02. The molecule has 3 aromatic rings. The molecule has 1 heterocycles. The zero-order valence-corrected chi connectivity index (χ0v) is 14.6. The largest absolute Gasteiger partial charge is 0.484 e. The van der Waals surface area contributed by atoms with E-state index in [1.807, 2.05) is 56.3 Å². The van der Waals surface area contributed by atoms with Gasteiger partial charge in [0.1, 0.15) is 5.75 Å². The molecule has 0 aliphatic heterocycles. The van der Waals surface area contributed by atoms with E-state index in [9.17, 15) is 9.59 Å². The molecule has 0 spiro atoms. The number of carbonyl (C=O) groups excluding carboxylic acids is 1. The quantitative estimate of drug-likeness (QED) is 0.549. The van der Waals surface area contributed by atoms with Crippen LogP contribution in [0.5, 0.6) is 5.75 Å². The molecule has 0 saturated carbocycles. The van der Waals surface area contributed by atoms with Crippen LogP contribution in [-0.4, -0.2) is 23.7 Å². The molecular weight excluding hydrogens is 330 g/mol. The molecular formula is C20H19N3O3. The topological polar surface area (TPSA) is 83.5 Å². The van der Waals surface area contributed by atoms with Crippen molar-refractivity contribution in [2.75, 3.05) is 6.61 Å². The van der Waals surface area contributed by atoms with Gasteiger partial charge in [0.05, 0.1) is 11.8 Å². The van der Waals surface area contributed by atoms with Crippen molar-refractivity contribution in [2.24, 2.45) is 5.10 Å². The van der Waals surface area contributed by atoms with Crippen molar-refractivity contribution in [3.05, 3.63) is 75.6 Å². The van der Waals surface area contributed by atoms with Gasteiger partial charge in [0.2, 0.25) is 0 Å². The van der Waals surface area contributed by atoms with Gasteiger partial charge in [-0.15, -0.1) is 0 Å². The Morgan fingerprint density at radius 2 is 1.96 bits per heavy atom. The van der Waals surface area contributed by atoms with Crippen LogP contribution in [-0.2, 0) is 4.79 Å². The number of benzene rings is 2. The van der Waals surface area contributed by atoms with Crippen molar-refractivity contribution in [1.29, 1.82) is 0 Å². The van der Waals surface area contributed by atoms with E-state index in [-0.39, 0.29) is 12.2 Å². The molecule has 0 aliphatic carbocycles. The van der Waals surface area contributed by atoms with Crippen molar-refractivity contribution in [2.45, 2.75) is 13.8 Å². The third-order valence-corrected chi connectivity index (χ3v) is 4.02.